The maximum absolute atomic E-state index is 12.0. The minimum Gasteiger partial charge on any atom is -0.479 e. The summed E-state index contributed by atoms with van der Waals surface area (Å²) in [5, 5.41) is 21.4. The van der Waals surface area contributed by atoms with Gasteiger partial charge in [0.1, 0.15) is 23.2 Å². The fraction of sp³-hybridized carbons (Fsp3) is 0.294. The van der Waals surface area contributed by atoms with Crippen molar-refractivity contribution < 1.29 is 19.1 Å². The molecule has 0 bridgehead atoms. The molecular weight excluding hydrogens is 296 g/mol. The number of benzene rings is 1. The first kappa shape index (κ1) is 16.6. The van der Waals surface area contributed by atoms with Gasteiger partial charge in [-0.25, -0.2) is 0 Å². The lowest BCUT2D eigenvalue weighted by Crippen LogP contribution is -2.39. The molecule has 0 saturated heterocycles. The van der Waals surface area contributed by atoms with Crippen LogP contribution in [0.4, 0.5) is 0 Å². The molecule has 1 aromatic carbocycles. The number of amides is 1. The highest BCUT2D eigenvalue weighted by atomic mass is 16.5. The van der Waals surface area contributed by atoms with Crippen LogP contribution in [0.3, 0.4) is 0 Å². The van der Waals surface area contributed by atoms with Crippen LogP contribution in [0.5, 0.6) is 5.75 Å². The summed E-state index contributed by atoms with van der Waals surface area (Å²) in [4.78, 5) is 12.0. The molecule has 23 heavy (non-hydrogen) atoms. The summed E-state index contributed by atoms with van der Waals surface area (Å²) in [5.74, 6) is 0.707. The van der Waals surface area contributed by atoms with Crippen LogP contribution in [0.1, 0.15) is 18.2 Å². The Labute approximate surface area is 134 Å². The van der Waals surface area contributed by atoms with Crippen LogP contribution in [-0.4, -0.2) is 24.2 Å². The number of carbonyl (C=O) groups excluding carboxylic acids is 1. The van der Waals surface area contributed by atoms with E-state index in [0.29, 0.717) is 11.5 Å². The van der Waals surface area contributed by atoms with Crippen molar-refractivity contribution in [1.29, 1.82) is 5.26 Å². The first-order valence-corrected chi connectivity index (χ1v) is 7.13. The zero-order valence-corrected chi connectivity index (χ0v) is 12.8. The van der Waals surface area contributed by atoms with Crippen LogP contribution in [0, 0.1) is 11.3 Å². The molecule has 1 heterocycles. The summed E-state index contributed by atoms with van der Waals surface area (Å²) in [6.07, 6.45) is 1.62. The van der Waals surface area contributed by atoms with Gasteiger partial charge in [-0.3, -0.25) is 4.79 Å². The van der Waals surface area contributed by atoms with E-state index in [-0.39, 0.29) is 25.5 Å². The molecule has 6 nitrogen and oxygen atoms in total. The van der Waals surface area contributed by atoms with E-state index in [0.717, 1.165) is 5.56 Å². The molecule has 1 amide bonds. The van der Waals surface area contributed by atoms with Gasteiger partial charge in [0.25, 0.3) is 0 Å². The van der Waals surface area contributed by atoms with E-state index < -0.39 is 5.60 Å². The molecule has 0 aliphatic rings. The van der Waals surface area contributed by atoms with E-state index in [2.05, 4.69) is 5.32 Å². The number of nitrogens with zero attached hydrogens (tertiary/aromatic N) is 1. The number of rotatable bonds is 7. The first-order valence-electron chi connectivity index (χ1n) is 7.13. The Bertz CT molecular complexity index is 687. The molecular formula is C17H18N2O4. The fourth-order valence-corrected chi connectivity index (χ4v) is 2.05. The van der Waals surface area contributed by atoms with Gasteiger partial charge >= 0.3 is 0 Å². The smallest absolute Gasteiger partial charge is 0.224 e. The quantitative estimate of drug-likeness (QED) is 0.811. The third-order valence-electron chi connectivity index (χ3n) is 3.25. The van der Waals surface area contributed by atoms with Gasteiger partial charge in [-0.2, -0.15) is 5.26 Å². The number of hydrogen-bond donors (Lipinski definition) is 2. The van der Waals surface area contributed by atoms with Gasteiger partial charge in [0.05, 0.1) is 19.2 Å². The van der Waals surface area contributed by atoms with Crippen molar-refractivity contribution in [2.45, 2.75) is 18.9 Å². The van der Waals surface area contributed by atoms with Gasteiger partial charge in [-0.15, -0.1) is 0 Å². The molecule has 2 rings (SSSR count). The second-order valence-electron chi connectivity index (χ2n) is 5.30. The second kappa shape index (κ2) is 7.47. The third-order valence-corrected chi connectivity index (χ3v) is 3.25. The molecule has 6 heteroatoms. The molecule has 0 spiro atoms. The number of ether oxygens (including phenoxy) is 1. The van der Waals surface area contributed by atoms with Gasteiger partial charge < -0.3 is 19.6 Å². The molecule has 1 atom stereocenters. The standard InChI is InChI=1S/C17H18N2O4/c1-17(21,15-6-3-8-23-15)12-19-16(20)11-13-4-2-5-14(10-13)22-9-7-18/h2-6,8,10,21H,9,11-12H2,1H3,(H,19,20). The zero-order chi connectivity index (χ0) is 16.7. The minimum absolute atomic E-state index is 0.0400. The molecule has 1 aromatic heterocycles. The summed E-state index contributed by atoms with van der Waals surface area (Å²) in [6, 6.07) is 12.2. The molecule has 0 aliphatic carbocycles. The number of nitriles is 1. The lowest BCUT2D eigenvalue weighted by Gasteiger charge is -2.21. The van der Waals surface area contributed by atoms with Gasteiger partial charge in [-0.1, -0.05) is 12.1 Å². The monoisotopic (exact) mass is 314 g/mol. The Morgan fingerprint density at radius 1 is 1.43 bits per heavy atom. The van der Waals surface area contributed by atoms with Crippen molar-refractivity contribution in [1.82, 2.24) is 5.32 Å². The van der Waals surface area contributed by atoms with Crippen molar-refractivity contribution >= 4 is 5.91 Å². The summed E-state index contributed by atoms with van der Waals surface area (Å²) < 4.78 is 10.4. The molecule has 1 unspecified atom stereocenters. The number of hydrogen-bond acceptors (Lipinski definition) is 5. The number of furan rings is 1. The van der Waals surface area contributed by atoms with Gasteiger partial charge in [-0.05, 0) is 36.8 Å². The van der Waals surface area contributed by atoms with Crippen molar-refractivity contribution in [3.8, 4) is 11.8 Å². The van der Waals surface area contributed by atoms with Crippen LogP contribution < -0.4 is 10.1 Å². The normalized spacial score (nSPS) is 12.9. The molecule has 0 radical (unpaired) electrons. The van der Waals surface area contributed by atoms with E-state index in [4.69, 9.17) is 14.4 Å². The summed E-state index contributed by atoms with van der Waals surface area (Å²) in [7, 11) is 0. The number of carbonyl (C=O) groups is 1. The van der Waals surface area contributed by atoms with Gasteiger partial charge in [0, 0.05) is 0 Å². The van der Waals surface area contributed by atoms with Crippen molar-refractivity contribution in [3.63, 3.8) is 0 Å². The number of aliphatic hydroxyl groups is 1. The molecule has 2 N–H and O–H groups in total. The van der Waals surface area contributed by atoms with E-state index in [9.17, 15) is 9.90 Å². The molecule has 120 valence electrons. The van der Waals surface area contributed by atoms with Crippen LogP contribution in [-0.2, 0) is 16.8 Å². The highest BCUT2D eigenvalue weighted by Gasteiger charge is 2.26. The van der Waals surface area contributed by atoms with Crippen LogP contribution in [0.15, 0.2) is 47.1 Å². The molecule has 2 aromatic rings. The largest absolute Gasteiger partial charge is 0.479 e. The van der Waals surface area contributed by atoms with Crippen molar-refractivity contribution in [3.05, 3.63) is 54.0 Å². The average molecular weight is 314 g/mol. The lowest BCUT2D eigenvalue weighted by atomic mass is 10.0. The van der Waals surface area contributed by atoms with E-state index in [1.165, 1.54) is 6.26 Å². The van der Waals surface area contributed by atoms with Gasteiger partial charge in [0.2, 0.25) is 5.91 Å². The zero-order valence-electron chi connectivity index (χ0n) is 12.8. The number of nitrogens with one attached hydrogen (secondary N) is 1. The van der Waals surface area contributed by atoms with Gasteiger partial charge in [0.15, 0.2) is 6.61 Å². The summed E-state index contributed by atoms with van der Waals surface area (Å²) >= 11 is 0. The van der Waals surface area contributed by atoms with E-state index in [1.54, 1.807) is 43.3 Å². The Kier molecular flexibility index (Phi) is 5.39. The fourth-order valence-electron chi connectivity index (χ4n) is 2.05. The third kappa shape index (κ3) is 4.87. The Morgan fingerprint density at radius 2 is 2.26 bits per heavy atom. The van der Waals surface area contributed by atoms with E-state index >= 15 is 0 Å². The summed E-state index contributed by atoms with van der Waals surface area (Å²) in [6.45, 7) is 1.58. The predicted molar refractivity (Wildman–Crippen MR) is 82.5 cm³/mol. The molecule has 0 aliphatic heterocycles. The average Bonchev–Trinajstić information content (AvgIpc) is 3.07. The SMILES string of the molecule is CC(O)(CNC(=O)Cc1cccc(OCC#N)c1)c1ccco1. The summed E-state index contributed by atoms with van der Waals surface area (Å²) in [5.41, 5.74) is -0.507. The molecule has 0 saturated carbocycles. The Balaban J connectivity index is 1.89. The maximum Gasteiger partial charge on any atom is 0.224 e. The minimum atomic E-state index is -1.27. The topological polar surface area (TPSA) is 95.5 Å². The highest BCUT2D eigenvalue weighted by Crippen LogP contribution is 2.20. The molecule has 0 fully saturated rings. The Hall–Kier alpha value is -2.78. The lowest BCUT2D eigenvalue weighted by molar-refractivity contribution is -0.121. The first-order chi connectivity index (χ1) is 11.0. The highest BCUT2D eigenvalue weighted by molar-refractivity contribution is 5.78. The van der Waals surface area contributed by atoms with Crippen LogP contribution in [0.25, 0.3) is 0 Å². The van der Waals surface area contributed by atoms with Crippen molar-refractivity contribution in [2.75, 3.05) is 13.2 Å². The van der Waals surface area contributed by atoms with Crippen LogP contribution >= 0.6 is 0 Å². The second-order valence-corrected chi connectivity index (χ2v) is 5.30. The predicted octanol–water partition coefficient (Wildman–Crippen LogP) is 1.75. The Morgan fingerprint density at radius 3 is 2.96 bits per heavy atom. The van der Waals surface area contributed by atoms with E-state index in [1.807, 2.05) is 6.07 Å². The maximum atomic E-state index is 12.0. The van der Waals surface area contributed by atoms with Crippen LogP contribution in [0.2, 0.25) is 0 Å². The van der Waals surface area contributed by atoms with Crippen molar-refractivity contribution in [2.24, 2.45) is 0 Å².